The molecule has 6 amide bonds. The minimum atomic E-state index is -2.09. The lowest BCUT2D eigenvalue weighted by molar-refractivity contribution is -0.123. The third-order valence-corrected chi connectivity index (χ3v) is 16.5. The van der Waals surface area contributed by atoms with Crippen molar-refractivity contribution in [1.29, 1.82) is 0 Å². The van der Waals surface area contributed by atoms with Crippen molar-refractivity contribution in [3.05, 3.63) is 43.7 Å². The van der Waals surface area contributed by atoms with E-state index >= 15 is 0 Å². The minimum Gasteiger partial charge on any atom is -0.395 e. The van der Waals surface area contributed by atoms with Crippen LogP contribution in [0.2, 0.25) is 0 Å². The summed E-state index contributed by atoms with van der Waals surface area (Å²) < 4.78 is -0.0884. The van der Waals surface area contributed by atoms with Gasteiger partial charge >= 0.3 is 0 Å². The molecule has 0 aliphatic rings. The molecule has 2 aromatic carbocycles. The van der Waals surface area contributed by atoms with Crippen molar-refractivity contribution < 1.29 is 90.0 Å². The molecule has 0 aromatic heterocycles. The first-order valence-electron chi connectivity index (χ1n) is 20.8. The molecule has 2 rings (SSSR count). The van der Waals surface area contributed by atoms with Crippen LogP contribution >= 0.6 is 136 Å². The minimum absolute atomic E-state index is 0.0196. The number of hydrogen-bond donors (Lipinski definition) is 12. The van der Waals surface area contributed by atoms with Crippen LogP contribution in [0.3, 0.4) is 0 Å². The van der Waals surface area contributed by atoms with Gasteiger partial charge in [-0.05, 0) is 136 Å². The molecule has 24 nitrogen and oxygen atoms in total. The summed E-state index contributed by atoms with van der Waals surface area (Å²) in [6.45, 7) is -10.8. The quantitative estimate of drug-likeness (QED) is 0.0364. The molecular weight excluding hydrogens is 1610 g/mol. The van der Waals surface area contributed by atoms with Gasteiger partial charge in [-0.25, -0.2) is 0 Å². The molecule has 0 fully saturated rings. The SMILES string of the molecule is O=C(c1c(I)c(C(=O)N(CCO)CCO)c(I)c(N(CC(O)C(O)CN(C(=O)CO)c2c(I)c(C(=O)N(CCO)CCO)c(I)c(C(=O)N(CCO)CCO)c2I)C(=O)CO)c1I)N(CCO)CCO. The highest BCUT2D eigenvalue weighted by Gasteiger charge is 2.39. The average Bonchev–Trinajstić information content (AvgIpc) is 3.32. The zero-order valence-corrected chi connectivity index (χ0v) is 50.0. The Morgan fingerprint density at radius 1 is 0.343 bits per heavy atom. The number of amides is 6. The van der Waals surface area contributed by atoms with E-state index in [0.717, 1.165) is 29.4 Å². The van der Waals surface area contributed by atoms with Crippen molar-refractivity contribution in [1.82, 2.24) is 19.6 Å². The fourth-order valence-corrected chi connectivity index (χ4v) is 16.2. The number of aliphatic hydroxyl groups is 12. The Labute approximate surface area is 483 Å². The Kier molecular flexibility index (Phi) is 30.4. The highest BCUT2D eigenvalue weighted by atomic mass is 127. The van der Waals surface area contributed by atoms with E-state index in [1.807, 2.05) is 0 Å². The van der Waals surface area contributed by atoms with Crippen molar-refractivity contribution in [2.75, 3.05) is 141 Å². The van der Waals surface area contributed by atoms with Gasteiger partial charge in [-0.15, -0.1) is 0 Å². The smallest absolute Gasteiger partial charge is 0.256 e. The van der Waals surface area contributed by atoms with Crippen LogP contribution < -0.4 is 9.80 Å². The summed E-state index contributed by atoms with van der Waals surface area (Å²) in [5.74, 6) is -5.55. The zero-order chi connectivity index (χ0) is 53.2. The van der Waals surface area contributed by atoms with E-state index in [1.165, 1.54) is 0 Å². The fourth-order valence-electron chi connectivity index (χ4n) is 6.81. The van der Waals surface area contributed by atoms with E-state index in [4.69, 9.17) is 0 Å². The lowest BCUT2D eigenvalue weighted by Crippen LogP contribution is -2.50. The van der Waals surface area contributed by atoms with Gasteiger partial charge in [-0.2, -0.15) is 0 Å². The molecule has 0 aliphatic carbocycles. The van der Waals surface area contributed by atoms with E-state index in [-0.39, 0.29) is 107 Å². The lowest BCUT2D eigenvalue weighted by atomic mass is 10.0. The third-order valence-electron chi connectivity index (χ3n) is 10.1. The van der Waals surface area contributed by atoms with Gasteiger partial charge in [-0.1, -0.05) is 0 Å². The molecule has 0 bridgehead atoms. The molecule has 2 atom stereocenters. The Morgan fingerprint density at radius 3 is 0.686 bits per heavy atom. The first kappa shape index (κ1) is 65.3. The van der Waals surface area contributed by atoms with Crippen molar-refractivity contribution >= 4 is 182 Å². The summed E-state index contributed by atoms with van der Waals surface area (Å²) in [5.41, 5.74) is -1.33. The largest absolute Gasteiger partial charge is 0.395 e. The predicted molar refractivity (Wildman–Crippen MR) is 300 cm³/mol. The van der Waals surface area contributed by atoms with Crippen molar-refractivity contribution in [3.63, 3.8) is 0 Å². The predicted octanol–water partition coefficient (Wildman–Crippen LogP) is -2.91. The zero-order valence-electron chi connectivity index (χ0n) is 37.1. The van der Waals surface area contributed by atoms with Crippen LogP contribution in [0.5, 0.6) is 0 Å². The van der Waals surface area contributed by atoms with E-state index in [1.54, 1.807) is 136 Å². The van der Waals surface area contributed by atoms with Crippen molar-refractivity contribution in [2.45, 2.75) is 12.2 Å². The summed E-state index contributed by atoms with van der Waals surface area (Å²) in [6.07, 6.45) is -4.19. The number of rotatable bonds is 29. The molecule has 0 radical (unpaired) electrons. The standard InChI is InChI=1S/C40H54I6N6O18/c41-29-25(37(67)47(1-9-53)2-10-54)31(43)35(32(44)26(29)38(68)48(3-11-55)4-12-56)51(23(65)19-61)17-21(63)22(64)18-52(24(66)20-62)36-33(45)27(39(69)49(5-13-57)6-14-58)30(42)28(34(36)46)40(70)50(7-15-59)8-16-60/h21-22,53-64H,1-20H2. The molecule has 0 saturated carbocycles. The molecule has 30 heteroatoms. The number of anilines is 2. The Bertz CT molecular complexity index is 1880. The van der Waals surface area contributed by atoms with Gasteiger partial charge in [0.2, 0.25) is 0 Å². The molecule has 2 aromatic rings. The van der Waals surface area contributed by atoms with Crippen LogP contribution in [0.15, 0.2) is 0 Å². The monoisotopic (exact) mass is 1670 g/mol. The number of aliphatic hydroxyl groups excluding tert-OH is 12. The fraction of sp³-hybridized carbons (Fsp3) is 0.550. The van der Waals surface area contributed by atoms with E-state index < -0.39 is 127 Å². The van der Waals surface area contributed by atoms with E-state index in [2.05, 4.69) is 0 Å². The second-order valence-electron chi connectivity index (χ2n) is 14.5. The average molecular weight is 1670 g/mol. The van der Waals surface area contributed by atoms with Crippen LogP contribution in [-0.4, -0.2) is 260 Å². The molecule has 0 saturated heterocycles. The Balaban J connectivity index is 3.04. The first-order valence-corrected chi connectivity index (χ1v) is 27.3. The molecule has 2 unspecified atom stereocenters. The van der Waals surface area contributed by atoms with Crippen LogP contribution in [0, 0.1) is 21.4 Å². The van der Waals surface area contributed by atoms with E-state index in [0.29, 0.717) is 0 Å². The molecule has 12 N–H and O–H groups in total. The maximum atomic E-state index is 14.3. The second kappa shape index (κ2) is 32.6. The molecule has 0 heterocycles. The number of nitrogens with zero attached hydrogens (tertiary/aromatic N) is 6. The molecule has 0 aliphatic heterocycles. The van der Waals surface area contributed by atoms with Gasteiger partial charge in [0.25, 0.3) is 35.4 Å². The Morgan fingerprint density at radius 2 is 0.529 bits per heavy atom. The summed E-state index contributed by atoms with van der Waals surface area (Å²) in [6, 6.07) is 0. The van der Waals surface area contributed by atoms with Crippen LogP contribution in [0.25, 0.3) is 0 Å². The molecule has 70 heavy (non-hydrogen) atoms. The van der Waals surface area contributed by atoms with E-state index in [9.17, 15) is 90.0 Å². The van der Waals surface area contributed by atoms with Crippen LogP contribution in [0.1, 0.15) is 41.4 Å². The highest BCUT2D eigenvalue weighted by Crippen LogP contribution is 2.41. The number of carbonyl (C=O) groups excluding carboxylic acids is 6. The Hall–Kier alpha value is -0.840. The summed E-state index contributed by atoms with van der Waals surface area (Å²) in [4.78, 5) is 90.6. The van der Waals surface area contributed by atoms with Crippen LogP contribution in [-0.2, 0) is 9.59 Å². The number of hydrogen-bond acceptors (Lipinski definition) is 18. The maximum Gasteiger partial charge on any atom is 0.256 e. The van der Waals surface area contributed by atoms with Crippen molar-refractivity contribution in [3.8, 4) is 0 Å². The van der Waals surface area contributed by atoms with Gasteiger partial charge in [0.15, 0.2) is 0 Å². The van der Waals surface area contributed by atoms with Gasteiger partial charge in [0, 0.05) is 59.5 Å². The normalized spacial score (nSPS) is 12.1. The van der Waals surface area contributed by atoms with Crippen molar-refractivity contribution in [2.24, 2.45) is 0 Å². The lowest BCUT2D eigenvalue weighted by Gasteiger charge is -2.34. The number of carbonyl (C=O) groups is 6. The van der Waals surface area contributed by atoms with Gasteiger partial charge in [0.1, 0.15) is 13.2 Å². The maximum absolute atomic E-state index is 14.3. The van der Waals surface area contributed by atoms with Gasteiger partial charge < -0.3 is 90.7 Å². The van der Waals surface area contributed by atoms with Gasteiger partial charge in [-0.3, -0.25) is 28.8 Å². The third kappa shape index (κ3) is 16.1. The molecule has 0 spiro atoms. The summed E-state index contributed by atoms with van der Waals surface area (Å²) in [7, 11) is 0. The van der Waals surface area contributed by atoms with Crippen LogP contribution in [0.4, 0.5) is 11.4 Å². The first-order chi connectivity index (χ1) is 33.2. The topological polar surface area (TPSA) is 365 Å². The molecule has 394 valence electrons. The highest BCUT2D eigenvalue weighted by molar-refractivity contribution is 14.1. The second-order valence-corrected chi connectivity index (χ2v) is 21.0. The number of halogens is 6. The van der Waals surface area contributed by atoms with Gasteiger partial charge in [0.05, 0.1) is 126 Å². The molecular formula is C40H54I6N6O18. The summed E-state index contributed by atoms with van der Waals surface area (Å²) >= 11 is 10.3. The number of benzene rings is 2. The summed E-state index contributed by atoms with van der Waals surface area (Å²) in [5, 5.41) is 122.